The SMILES string of the molecule is CC1(C)c2ccccc2-c2c(-c3ccccc3N(c3cccc(-c4cccc5c4sc4ccccc45)c3)c3ccc4c(c3)C(c3ccccc3)(c3ccc5oc6ccccc6c5c3)c3ccccc3-4)cccc21. The molecule has 3 heteroatoms. The minimum Gasteiger partial charge on any atom is -0.456 e. The van der Waals surface area contributed by atoms with Gasteiger partial charge in [-0.1, -0.05) is 208 Å². The number of rotatable bonds is 7. The monoisotopic (exact) mass is 949 g/mol. The Morgan fingerprint density at radius 3 is 1.89 bits per heavy atom. The van der Waals surface area contributed by atoms with E-state index < -0.39 is 5.41 Å². The maximum Gasteiger partial charge on any atom is 0.135 e. The Balaban J connectivity index is 1.01. The van der Waals surface area contributed by atoms with Gasteiger partial charge in [-0.15, -0.1) is 11.3 Å². The minimum atomic E-state index is -0.658. The number of para-hydroxylation sites is 2. The van der Waals surface area contributed by atoms with Gasteiger partial charge in [-0.05, 0) is 127 Å². The Hall–Kier alpha value is -8.76. The van der Waals surface area contributed by atoms with Crippen molar-refractivity contribution < 1.29 is 4.42 Å². The molecule has 73 heavy (non-hydrogen) atoms. The quantitative estimate of drug-likeness (QED) is 0.158. The van der Waals surface area contributed by atoms with Gasteiger partial charge < -0.3 is 9.32 Å². The molecule has 1 atom stereocenters. The van der Waals surface area contributed by atoms with Gasteiger partial charge in [-0.25, -0.2) is 0 Å². The van der Waals surface area contributed by atoms with Gasteiger partial charge in [0.2, 0.25) is 0 Å². The zero-order chi connectivity index (χ0) is 48.4. The molecule has 0 bridgehead atoms. The first kappa shape index (κ1) is 42.0. The first-order chi connectivity index (χ1) is 36.0. The van der Waals surface area contributed by atoms with Crippen molar-refractivity contribution in [2.75, 3.05) is 4.90 Å². The van der Waals surface area contributed by atoms with Crippen LogP contribution >= 0.6 is 11.3 Å². The van der Waals surface area contributed by atoms with E-state index in [2.05, 4.69) is 267 Å². The summed E-state index contributed by atoms with van der Waals surface area (Å²) in [6.07, 6.45) is 0. The van der Waals surface area contributed by atoms with E-state index in [9.17, 15) is 0 Å². The van der Waals surface area contributed by atoms with E-state index in [1.165, 1.54) is 98.1 Å². The van der Waals surface area contributed by atoms with E-state index in [4.69, 9.17) is 4.42 Å². The highest BCUT2D eigenvalue weighted by Gasteiger charge is 2.47. The van der Waals surface area contributed by atoms with E-state index >= 15 is 0 Å². The molecule has 0 N–H and O–H groups in total. The van der Waals surface area contributed by atoms with Crippen molar-refractivity contribution in [2.45, 2.75) is 24.7 Å². The summed E-state index contributed by atoms with van der Waals surface area (Å²) in [5.41, 5.74) is 21.9. The molecule has 0 radical (unpaired) electrons. The fourth-order valence-corrected chi connectivity index (χ4v) is 14.2. The molecule has 0 saturated carbocycles. The second-order valence-corrected chi connectivity index (χ2v) is 21.3. The van der Waals surface area contributed by atoms with Crippen LogP contribution in [0, 0.1) is 0 Å². The second-order valence-electron chi connectivity index (χ2n) is 20.3. The van der Waals surface area contributed by atoms with Crippen LogP contribution in [0.15, 0.2) is 253 Å². The first-order valence-corrected chi connectivity index (χ1v) is 26.1. The molecule has 0 spiro atoms. The molecule has 11 aromatic carbocycles. The van der Waals surface area contributed by atoms with E-state index in [1.807, 2.05) is 11.3 Å². The van der Waals surface area contributed by atoms with Crippen molar-refractivity contribution >= 4 is 70.5 Å². The van der Waals surface area contributed by atoms with E-state index in [1.54, 1.807) is 0 Å². The highest BCUT2D eigenvalue weighted by Crippen LogP contribution is 2.59. The third-order valence-electron chi connectivity index (χ3n) is 16.2. The van der Waals surface area contributed by atoms with Crippen LogP contribution < -0.4 is 4.90 Å². The van der Waals surface area contributed by atoms with Crippen LogP contribution in [0.4, 0.5) is 17.1 Å². The molecule has 2 nitrogen and oxygen atoms in total. The average molecular weight is 950 g/mol. The van der Waals surface area contributed by atoms with Crippen molar-refractivity contribution in [1.29, 1.82) is 0 Å². The van der Waals surface area contributed by atoms with E-state index in [0.29, 0.717) is 0 Å². The summed E-state index contributed by atoms with van der Waals surface area (Å²) in [5.74, 6) is 0. The highest BCUT2D eigenvalue weighted by atomic mass is 32.1. The van der Waals surface area contributed by atoms with Crippen LogP contribution in [0.25, 0.3) is 86.6 Å². The number of nitrogens with zero attached hydrogens (tertiary/aromatic N) is 1. The topological polar surface area (TPSA) is 16.4 Å². The lowest BCUT2D eigenvalue weighted by atomic mass is 9.67. The molecular formula is C70H47NOS. The number of hydrogen-bond acceptors (Lipinski definition) is 3. The number of thiophene rings is 1. The Kier molecular flexibility index (Phi) is 9.12. The van der Waals surface area contributed by atoms with Gasteiger partial charge in [-0.3, -0.25) is 0 Å². The summed E-state index contributed by atoms with van der Waals surface area (Å²) < 4.78 is 9.09. The molecule has 1 unspecified atom stereocenters. The second kappa shape index (κ2) is 15.9. The molecule has 2 aromatic heterocycles. The maximum atomic E-state index is 6.48. The van der Waals surface area contributed by atoms with Gasteiger partial charge in [0.25, 0.3) is 0 Å². The smallest absolute Gasteiger partial charge is 0.135 e. The van der Waals surface area contributed by atoms with Crippen molar-refractivity contribution in [2.24, 2.45) is 0 Å². The van der Waals surface area contributed by atoms with E-state index in [-0.39, 0.29) is 5.41 Å². The lowest BCUT2D eigenvalue weighted by molar-refractivity contribution is 0.660. The Bertz CT molecular complexity index is 4380. The molecule has 0 aliphatic heterocycles. The molecule has 344 valence electrons. The average Bonchev–Trinajstić information content (AvgIpc) is 4.17. The van der Waals surface area contributed by atoms with Crippen molar-refractivity contribution in [3.05, 3.63) is 282 Å². The lowest BCUT2D eigenvalue weighted by Crippen LogP contribution is -2.28. The van der Waals surface area contributed by atoms with Gasteiger partial charge in [-0.2, -0.15) is 0 Å². The molecule has 2 heterocycles. The minimum absolute atomic E-state index is 0.139. The fraction of sp³-hybridized carbons (Fsp3) is 0.0571. The Morgan fingerprint density at radius 1 is 0.370 bits per heavy atom. The molecule has 15 rings (SSSR count). The van der Waals surface area contributed by atoms with Gasteiger partial charge >= 0.3 is 0 Å². The van der Waals surface area contributed by atoms with Crippen molar-refractivity contribution in [1.82, 2.24) is 0 Å². The first-order valence-electron chi connectivity index (χ1n) is 25.3. The highest BCUT2D eigenvalue weighted by molar-refractivity contribution is 7.26. The summed E-state index contributed by atoms with van der Waals surface area (Å²) in [6.45, 7) is 4.74. The molecule has 0 fully saturated rings. The van der Waals surface area contributed by atoms with E-state index in [0.717, 1.165) is 39.0 Å². The van der Waals surface area contributed by atoms with Crippen LogP contribution in [0.3, 0.4) is 0 Å². The van der Waals surface area contributed by atoms with Crippen LogP contribution in [0.1, 0.15) is 47.2 Å². The van der Waals surface area contributed by atoms with Crippen LogP contribution in [0.5, 0.6) is 0 Å². The predicted molar refractivity (Wildman–Crippen MR) is 307 cm³/mol. The summed E-state index contributed by atoms with van der Waals surface area (Å²) in [6, 6.07) is 92.6. The number of fused-ring (bicyclic) bond motifs is 12. The standard InChI is InChI=1S/C70H47NOS/c1-69(2)59-31-11-7-27-57(59)67-55(29-18-33-61(67)69)52-24-8-13-34-63(52)71(47-22-16-19-44(41-47)49-28-17-30-56-54-26-10-15-36-66(54)73-68(49)56)48-38-39-51-50-23-6-12-32-60(50)70(62(51)43-48,45-20-4-3-5-21-45)46-37-40-65-58(42-46)53-25-9-14-35-64(53)72-65/h3-43H,1-2H3. The van der Waals surface area contributed by atoms with Gasteiger partial charge in [0.15, 0.2) is 0 Å². The third kappa shape index (κ3) is 6.04. The summed E-state index contributed by atoms with van der Waals surface area (Å²) in [4.78, 5) is 2.53. The number of anilines is 3. The summed E-state index contributed by atoms with van der Waals surface area (Å²) >= 11 is 1.88. The largest absolute Gasteiger partial charge is 0.456 e. The predicted octanol–water partition coefficient (Wildman–Crippen LogP) is 19.4. The Morgan fingerprint density at radius 2 is 1.00 bits per heavy atom. The fourth-order valence-electron chi connectivity index (χ4n) is 12.9. The molecular weight excluding hydrogens is 903 g/mol. The van der Waals surface area contributed by atoms with Gasteiger partial charge in [0.05, 0.1) is 11.1 Å². The van der Waals surface area contributed by atoms with Gasteiger partial charge in [0, 0.05) is 53.3 Å². The van der Waals surface area contributed by atoms with Crippen LogP contribution in [0.2, 0.25) is 0 Å². The number of benzene rings is 11. The molecule has 13 aromatic rings. The Labute approximate surface area is 428 Å². The van der Waals surface area contributed by atoms with Crippen molar-refractivity contribution in [3.63, 3.8) is 0 Å². The molecule has 0 saturated heterocycles. The normalized spacial score (nSPS) is 15.2. The molecule has 2 aliphatic rings. The third-order valence-corrected chi connectivity index (χ3v) is 17.4. The van der Waals surface area contributed by atoms with Crippen LogP contribution in [-0.2, 0) is 10.8 Å². The summed E-state index contributed by atoms with van der Waals surface area (Å²) in [5, 5.41) is 4.84. The van der Waals surface area contributed by atoms with Crippen molar-refractivity contribution in [3.8, 4) is 44.5 Å². The number of furan rings is 1. The zero-order valence-electron chi connectivity index (χ0n) is 40.4. The molecule has 0 amide bonds. The maximum absolute atomic E-state index is 6.48. The lowest BCUT2D eigenvalue weighted by Gasteiger charge is -2.35. The van der Waals surface area contributed by atoms with Gasteiger partial charge in [0.1, 0.15) is 11.2 Å². The zero-order valence-corrected chi connectivity index (χ0v) is 41.3. The molecule has 2 aliphatic carbocycles. The number of hydrogen-bond donors (Lipinski definition) is 0. The summed E-state index contributed by atoms with van der Waals surface area (Å²) in [7, 11) is 0. The van der Waals surface area contributed by atoms with Crippen LogP contribution in [-0.4, -0.2) is 0 Å².